The van der Waals surface area contributed by atoms with Crippen molar-refractivity contribution in [3.63, 3.8) is 0 Å². The topological polar surface area (TPSA) is 129 Å². The van der Waals surface area contributed by atoms with Crippen LogP contribution in [0.25, 0.3) is 5.57 Å². The summed E-state index contributed by atoms with van der Waals surface area (Å²) in [4.78, 5) is 29.2. The maximum Gasteiger partial charge on any atom is 0.414 e. The summed E-state index contributed by atoms with van der Waals surface area (Å²) >= 11 is 0. The van der Waals surface area contributed by atoms with Crippen molar-refractivity contribution in [1.29, 1.82) is 0 Å². The molecule has 1 aromatic heterocycles. The van der Waals surface area contributed by atoms with E-state index in [1.165, 1.54) is 17.2 Å². The summed E-state index contributed by atoms with van der Waals surface area (Å²) in [5, 5.41) is 23.8. The number of amides is 2. The number of hydrogen-bond acceptors (Lipinski definition) is 9. The molecule has 2 amide bonds. The minimum atomic E-state index is -1.30. The van der Waals surface area contributed by atoms with Gasteiger partial charge in [0.2, 0.25) is 0 Å². The van der Waals surface area contributed by atoms with Crippen molar-refractivity contribution >= 4 is 23.3 Å². The van der Waals surface area contributed by atoms with E-state index in [0.29, 0.717) is 18.5 Å². The van der Waals surface area contributed by atoms with Crippen molar-refractivity contribution in [1.82, 2.24) is 15.0 Å². The van der Waals surface area contributed by atoms with Crippen molar-refractivity contribution in [2.75, 3.05) is 44.2 Å². The molecule has 0 spiro atoms. The molecule has 3 aliphatic heterocycles. The predicted octanol–water partition coefficient (Wildman–Crippen LogP) is 1.75. The zero-order valence-corrected chi connectivity index (χ0v) is 20.5. The van der Waals surface area contributed by atoms with Crippen LogP contribution in [0.15, 0.2) is 35.1 Å². The van der Waals surface area contributed by atoms with Crippen molar-refractivity contribution in [2.24, 2.45) is 0 Å². The summed E-state index contributed by atoms with van der Waals surface area (Å²) < 4.78 is 45.5. The Hall–Kier alpha value is -3.55. The van der Waals surface area contributed by atoms with Gasteiger partial charge in [-0.25, -0.2) is 13.6 Å². The number of cyclic esters (lactones) is 1. The highest BCUT2D eigenvalue weighted by atomic mass is 19.1. The Morgan fingerprint density at radius 1 is 1.26 bits per heavy atom. The Kier molecular flexibility index (Phi) is 7.58. The van der Waals surface area contributed by atoms with Crippen molar-refractivity contribution in [3.8, 4) is 5.88 Å². The summed E-state index contributed by atoms with van der Waals surface area (Å²) in [5.74, 6) is -1.96. The number of halogens is 2. The average molecular weight is 535 g/mol. The average Bonchev–Trinajstić information content (AvgIpc) is 3.64. The number of aromatic nitrogens is 1. The van der Waals surface area contributed by atoms with E-state index in [4.69, 9.17) is 9.47 Å². The molecule has 4 heterocycles. The van der Waals surface area contributed by atoms with Gasteiger partial charge in [0.05, 0.1) is 12.2 Å². The SMILES string of the molecule is O=C([C@H](O)CN1CCC[C@@H]1O)N1CC=C(c2c(F)cc(N3C[C@H](COc4ccon4)OC3=O)cc2F)CC1. The van der Waals surface area contributed by atoms with Gasteiger partial charge in [-0.15, -0.1) is 0 Å². The number of carbonyl (C=O) groups is 2. The Balaban J connectivity index is 1.21. The van der Waals surface area contributed by atoms with Crippen molar-refractivity contribution < 1.29 is 42.6 Å². The van der Waals surface area contributed by atoms with E-state index in [2.05, 4.69) is 9.68 Å². The molecule has 3 atom stereocenters. The van der Waals surface area contributed by atoms with E-state index in [1.807, 2.05) is 0 Å². The predicted molar refractivity (Wildman–Crippen MR) is 128 cm³/mol. The van der Waals surface area contributed by atoms with E-state index in [0.717, 1.165) is 23.5 Å². The minimum absolute atomic E-state index is 0.00671. The van der Waals surface area contributed by atoms with E-state index >= 15 is 8.78 Å². The molecule has 2 saturated heterocycles. The number of hydrogen-bond donors (Lipinski definition) is 2. The molecule has 0 radical (unpaired) electrons. The van der Waals surface area contributed by atoms with Crippen LogP contribution in [0.3, 0.4) is 0 Å². The number of aliphatic hydroxyl groups is 2. The van der Waals surface area contributed by atoms with Gasteiger partial charge < -0.3 is 29.1 Å². The van der Waals surface area contributed by atoms with E-state index in [1.54, 1.807) is 11.0 Å². The van der Waals surface area contributed by atoms with Crippen molar-refractivity contribution in [2.45, 2.75) is 37.7 Å². The van der Waals surface area contributed by atoms with Gasteiger partial charge in [0.25, 0.3) is 11.8 Å². The van der Waals surface area contributed by atoms with Gasteiger partial charge in [-0.3, -0.25) is 14.6 Å². The smallest absolute Gasteiger partial charge is 0.414 e. The molecule has 2 N–H and O–H groups in total. The number of ether oxygens (including phenoxy) is 2. The molecule has 0 saturated carbocycles. The summed E-state index contributed by atoms with van der Waals surface area (Å²) in [6.45, 7) is 0.926. The van der Waals surface area contributed by atoms with E-state index in [9.17, 15) is 19.8 Å². The Bertz CT molecular complexity index is 1190. The first-order valence-electron chi connectivity index (χ1n) is 12.4. The fourth-order valence-electron chi connectivity index (χ4n) is 4.92. The lowest BCUT2D eigenvalue weighted by molar-refractivity contribution is -0.141. The van der Waals surface area contributed by atoms with Crippen LogP contribution in [0.4, 0.5) is 19.3 Å². The highest BCUT2D eigenvalue weighted by Gasteiger charge is 2.35. The molecule has 0 aliphatic carbocycles. The Morgan fingerprint density at radius 3 is 2.68 bits per heavy atom. The van der Waals surface area contributed by atoms with Gasteiger partial charge in [-0.2, -0.15) is 0 Å². The van der Waals surface area contributed by atoms with Crippen LogP contribution < -0.4 is 9.64 Å². The first-order chi connectivity index (χ1) is 18.3. The van der Waals surface area contributed by atoms with Crippen LogP contribution in [0.1, 0.15) is 24.8 Å². The molecule has 2 fully saturated rings. The zero-order chi connectivity index (χ0) is 26.8. The molecule has 0 bridgehead atoms. The molecule has 11 nitrogen and oxygen atoms in total. The zero-order valence-electron chi connectivity index (χ0n) is 20.5. The lowest BCUT2D eigenvalue weighted by atomic mass is 9.97. The van der Waals surface area contributed by atoms with Crippen molar-refractivity contribution in [3.05, 3.63) is 47.7 Å². The normalized spacial score (nSPS) is 22.9. The maximum absolute atomic E-state index is 15.1. The summed E-state index contributed by atoms with van der Waals surface area (Å²) in [5.41, 5.74) is 0.182. The number of likely N-dealkylation sites (tertiary alicyclic amines) is 1. The molecule has 1 aromatic carbocycles. The quantitative estimate of drug-likeness (QED) is 0.520. The van der Waals surface area contributed by atoms with Gasteiger partial charge in [-0.05, 0) is 42.1 Å². The molecular weight excluding hydrogens is 506 g/mol. The number of carbonyl (C=O) groups excluding carboxylic acids is 2. The number of aliphatic hydroxyl groups excluding tert-OH is 2. The third kappa shape index (κ3) is 5.49. The summed E-state index contributed by atoms with van der Waals surface area (Å²) in [6.07, 6.45) is 1.09. The lowest BCUT2D eigenvalue weighted by Crippen LogP contribution is -2.47. The second-order valence-electron chi connectivity index (χ2n) is 9.45. The molecule has 5 rings (SSSR count). The first kappa shape index (κ1) is 26.1. The largest absolute Gasteiger partial charge is 0.471 e. The monoisotopic (exact) mass is 534 g/mol. The number of benzene rings is 1. The third-order valence-electron chi connectivity index (χ3n) is 6.91. The molecular formula is C25H28F2N4O7. The highest BCUT2D eigenvalue weighted by Crippen LogP contribution is 2.32. The minimum Gasteiger partial charge on any atom is -0.471 e. The summed E-state index contributed by atoms with van der Waals surface area (Å²) in [7, 11) is 0. The molecule has 2 aromatic rings. The molecule has 0 unspecified atom stereocenters. The van der Waals surface area contributed by atoms with Crippen LogP contribution in [-0.4, -0.2) is 94.9 Å². The second kappa shape index (κ2) is 11.1. The van der Waals surface area contributed by atoms with Crippen LogP contribution >= 0.6 is 0 Å². The van der Waals surface area contributed by atoms with E-state index in [-0.39, 0.29) is 56.3 Å². The Labute approximate surface area is 216 Å². The third-order valence-corrected chi connectivity index (χ3v) is 6.91. The van der Waals surface area contributed by atoms with Crippen LogP contribution in [-0.2, 0) is 9.53 Å². The fraction of sp³-hybridized carbons (Fsp3) is 0.480. The van der Waals surface area contributed by atoms with Gasteiger partial charge >= 0.3 is 6.09 Å². The van der Waals surface area contributed by atoms with Crippen LogP contribution in [0.5, 0.6) is 5.88 Å². The fourth-order valence-corrected chi connectivity index (χ4v) is 4.92. The van der Waals surface area contributed by atoms with E-state index < -0.39 is 42.1 Å². The second-order valence-corrected chi connectivity index (χ2v) is 9.45. The van der Waals surface area contributed by atoms with Gasteiger partial charge in [0.1, 0.15) is 36.8 Å². The standard InChI is InChI=1S/C25H28F2N4O7/c26-18-10-16(31-12-17(38-25(31)35)14-36-21-5-9-37-28-21)11-19(27)23(18)15-3-7-29(8-4-15)24(34)20(32)13-30-6-1-2-22(30)33/h3,5,9-11,17,20,22,32-33H,1-2,4,6-8,12-14H2/t17-,20-,22+/m1/s1. The van der Waals surface area contributed by atoms with Gasteiger partial charge in [0.15, 0.2) is 6.10 Å². The number of anilines is 1. The Morgan fingerprint density at radius 2 is 2.05 bits per heavy atom. The highest BCUT2D eigenvalue weighted by molar-refractivity contribution is 5.90. The number of β-amino-alcohol motifs (C(OH)–C–C–N with tert-alkyl or cyclic N) is 1. The summed E-state index contributed by atoms with van der Waals surface area (Å²) in [6, 6.07) is 3.64. The first-order valence-corrected chi connectivity index (χ1v) is 12.4. The van der Waals surface area contributed by atoms with Gasteiger partial charge in [0, 0.05) is 37.8 Å². The number of rotatable bonds is 8. The maximum atomic E-state index is 15.1. The van der Waals surface area contributed by atoms with Crippen LogP contribution in [0, 0.1) is 11.6 Å². The molecule has 13 heteroatoms. The molecule has 3 aliphatic rings. The number of nitrogens with zero attached hydrogens (tertiary/aromatic N) is 4. The lowest BCUT2D eigenvalue weighted by Gasteiger charge is -2.30. The van der Waals surface area contributed by atoms with Crippen LogP contribution in [0.2, 0.25) is 0 Å². The molecule has 38 heavy (non-hydrogen) atoms. The molecule has 204 valence electrons. The van der Waals surface area contributed by atoms with Gasteiger partial charge in [-0.1, -0.05) is 6.08 Å².